The van der Waals surface area contributed by atoms with Crippen LogP contribution in [0.4, 0.5) is 0 Å². The number of aliphatic hydroxyl groups excluding tert-OH is 2. The second-order valence-electron chi connectivity index (χ2n) is 6.68. The van der Waals surface area contributed by atoms with E-state index in [0.29, 0.717) is 19.1 Å². The Bertz CT molecular complexity index is 475. The van der Waals surface area contributed by atoms with Gasteiger partial charge in [0.25, 0.3) is 0 Å². The first-order valence-electron chi connectivity index (χ1n) is 9.09. The van der Waals surface area contributed by atoms with Gasteiger partial charge < -0.3 is 14.9 Å². The van der Waals surface area contributed by atoms with E-state index in [2.05, 4.69) is 29.7 Å². The molecule has 2 unspecified atom stereocenters. The number of β-amino-alcohol motifs (C(OH)–C–C–N with tert-alkyl or cyclic N) is 2. The minimum Gasteiger partial charge on any atom is -0.491 e. The van der Waals surface area contributed by atoms with Crippen molar-refractivity contribution in [3.8, 4) is 5.75 Å². The summed E-state index contributed by atoms with van der Waals surface area (Å²) in [7, 11) is 0. The largest absolute Gasteiger partial charge is 0.491 e. The number of piperazine rings is 1. The Labute approximate surface area is 145 Å². The highest BCUT2D eigenvalue weighted by atomic mass is 16.5. The van der Waals surface area contributed by atoms with E-state index in [1.165, 1.54) is 5.56 Å². The molecule has 0 aromatic heterocycles. The lowest BCUT2D eigenvalue weighted by Crippen LogP contribution is -2.49. The van der Waals surface area contributed by atoms with Gasteiger partial charge in [-0.1, -0.05) is 32.0 Å². The van der Waals surface area contributed by atoms with Crippen molar-refractivity contribution in [2.24, 2.45) is 0 Å². The Balaban J connectivity index is 1.77. The second-order valence-corrected chi connectivity index (χ2v) is 6.68. The summed E-state index contributed by atoms with van der Waals surface area (Å²) in [5.74, 6) is 1.34. The lowest BCUT2D eigenvalue weighted by Gasteiger charge is -2.35. The highest BCUT2D eigenvalue weighted by molar-refractivity contribution is 5.35. The molecular formula is C19H32N2O3. The summed E-state index contributed by atoms with van der Waals surface area (Å²) in [5, 5.41) is 19.3. The fourth-order valence-electron chi connectivity index (χ4n) is 3.11. The molecule has 1 aromatic rings. The second kappa shape index (κ2) is 9.99. The Hall–Kier alpha value is -1.14. The molecule has 0 bridgehead atoms. The van der Waals surface area contributed by atoms with Crippen LogP contribution in [0.1, 0.15) is 31.7 Å². The first-order chi connectivity index (χ1) is 11.6. The Morgan fingerprint density at radius 1 is 1.12 bits per heavy atom. The topological polar surface area (TPSA) is 56.2 Å². The number of hydrogen-bond donors (Lipinski definition) is 2. The number of rotatable bonds is 9. The van der Waals surface area contributed by atoms with Crippen molar-refractivity contribution in [3.05, 3.63) is 29.8 Å². The van der Waals surface area contributed by atoms with E-state index >= 15 is 0 Å². The van der Waals surface area contributed by atoms with Crippen molar-refractivity contribution >= 4 is 0 Å². The number of ether oxygens (including phenoxy) is 1. The number of aliphatic hydroxyl groups is 2. The molecule has 5 heteroatoms. The van der Waals surface area contributed by atoms with Crippen molar-refractivity contribution in [2.45, 2.75) is 32.3 Å². The van der Waals surface area contributed by atoms with Crippen LogP contribution in [-0.4, -0.2) is 78.6 Å². The van der Waals surface area contributed by atoms with Gasteiger partial charge in [-0.3, -0.25) is 9.80 Å². The fourth-order valence-corrected chi connectivity index (χ4v) is 3.11. The standard InChI is InChI=1S/C19H32N2O3/c1-3-16(2)18-6-4-5-7-19(18)24-15-17(23)14-21-10-8-20(9-11-21)12-13-22/h4-7,16-17,22-23H,3,8-15H2,1-2H3. The molecule has 1 saturated heterocycles. The van der Waals surface area contributed by atoms with E-state index in [1.807, 2.05) is 18.2 Å². The normalized spacial score (nSPS) is 19.2. The fraction of sp³-hybridized carbons (Fsp3) is 0.684. The first kappa shape index (κ1) is 19.2. The van der Waals surface area contributed by atoms with Gasteiger partial charge in [0.1, 0.15) is 18.5 Å². The van der Waals surface area contributed by atoms with Crippen LogP contribution in [0.3, 0.4) is 0 Å². The Morgan fingerprint density at radius 2 is 1.79 bits per heavy atom. The van der Waals surface area contributed by atoms with Gasteiger partial charge in [0.15, 0.2) is 0 Å². The molecule has 0 amide bonds. The zero-order valence-corrected chi connectivity index (χ0v) is 15.0. The van der Waals surface area contributed by atoms with Crippen LogP contribution in [0.5, 0.6) is 5.75 Å². The van der Waals surface area contributed by atoms with Crippen LogP contribution in [0.15, 0.2) is 24.3 Å². The smallest absolute Gasteiger partial charge is 0.122 e. The molecule has 24 heavy (non-hydrogen) atoms. The van der Waals surface area contributed by atoms with Gasteiger partial charge in [0.2, 0.25) is 0 Å². The van der Waals surface area contributed by atoms with Crippen LogP contribution in [0.2, 0.25) is 0 Å². The summed E-state index contributed by atoms with van der Waals surface area (Å²) < 4.78 is 5.90. The Kier molecular flexibility index (Phi) is 7.99. The van der Waals surface area contributed by atoms with Crippen molar-refractivity contribution in [3.63, 3.8) is 0 Å². The van der Waals surface area contributed by atoms with Gasteiger partial charge in [-0.05, 0) is 24.0 Å². The first-order valence-corrected chi connectivity index (χ1v) is 9.09. The summed E-state index contributed by atoms with van der Waals surface area (Å²) in [4.78, 5) is 4.52. The van der Waals surface area contributed by atoms with Gasteiger partial charge in [-0.25, -0.2) is 0 Å². The maximum absolute atomic E-state index is 10.3. The van der Waals surface area contributed by atoms with Crippen molar-refractivity contribution in [1.82, 2.24) is 9.80 Å². The quantitative estimate of drug-likeness (QED) is 0.717. The predicted octanol–water partition coefficient (Wildman–Crippen LogP) is 1.55. The van der Waals surface area contributed by atoms with E-state index in [4.69, 9.17) is 9.84 Å². The van der Waals surface area contributed by atoms with Gasteiger partial charge in [0, 0.05) is 39.3 Å². The minimum absolute atomic E-state index is 0.214. The highest BCUT2D eigenvalue weighted by Gasteiger charge is 2.19. The molecule has 1 fully saturated rings. The van der Waals surface area contributed by atoms with Crippen molar-refractivity contribution < 1.29 is 14.9 Å². The van der Waals surface area contributed by atoms with Crippen molar-refractivity contribution in [1.29, 1.82) is 0 Å². The van der Waals surface area contributed by atoms with Crippen molar-refractivity contribution in [2.75, 3.05) is 52.5 Å². The van der Waals surface area contributed by atoms with Gasteiger partial charge >= 0.3 is 0 Å². The van der Waals surface area contributed by atoms with Gasteiger partial charge in [-0.15, -0.1) is 0 Å². The summed E-state index contributed by atoms with van der Waals surface area (Å²) in [6.07, 6.45) is 0.584. The average molecular weight is 336 g/mol. The highest BCUT2D eigenvalue weighted by Crippen LogP contribution is 2.28. The molecule has 1 aliphatic rings. The average Bonchev–Trinajstić information content (AvgIpc) is 2.61. The molecule has 2 N–H and O–H groups in total. The summed E-state index contributed by atoms with van der Waals surface area (Å²) in [5.41, 5.74) is 1.21. The molecule has 0 radical (unpaired) electrons. The third-order valence-corrected chi connectivity index (χ3v) is 4.84. The molecule has 1 aliphatic heterocycles. The zero-order chi connectivity index (χ0) is 17.4. The summed E-state index contributed by atoms with van der Waals surface area (Å²) in [6, 6.07) is 8.11. The van der Waals surface area contributed by atoms with Crippen LogP contribution in [-0.2, 0) is 0 Å². The maximum Gasteiger partial charge on any atom is 0.122 e. The van der Waals surface area contributed by atoms with E-state index in [0.717, 1.165) is 44.9 Å². The Morgan fingerprint density at radius 3 is 2.46 bits per heavy atom. The zero-order valence-electron chi connectivity index (χ0n) is 15.0. The molecule has 2 rings (SSSR count). The van der Waals surface area contributed by atoms with E-state index in [-0.39, 0.29) is 6.61 Å². The van der Waals surface area contributed by atoms with Crippen LogP contribution < -0.4 is 4.74 Å². The lowest BCUT2D eigenvalue weighted by atomic mass is 9.98. The van der Waals surface area contributed by atoms with Gasteiger partial charge in [-0.2, -0.15) is 0 Å². The SMILES string of the molecule is CCC(C)c1ccccc1OCC(O)CN1CCN(CCO)CC1. The monoisotopic (exact) mass is 336 g/mol. The number of para-hydroxylation sites is 1. The molecular weight excluding hydrogens is 304 g/mol. The molecule has 5 nitrogen and oxygen atoms in total. The summed E-state index contributed by atoms with van der Waals surface area (Å²) >= 11 is 0. The molecule has 0 aliphatic carbocycles. The molecule has 2 atom stereocenters. The van der Waals surface area contributed by atoms with Crippen LogP contribution in [0.25, 0.3) is 0 Å². The number of hydrogen-bond acceptors (Lipinski definition) is 5. The van der Waals surface area contributed by atoms with Gasteiger partial charge in [0.05, 0.1) is 6.61 Å². The number of nitrogens with zero attached hydrogens (tertiary/aromatic N) is 2. The molecule has 1 heterocycles. The van der Waals surface area contributed by atoms with E-state index < -0.39 is 6.10 Å². The minimum atomic E-state index is -0.487. The molecule has 0 saturated carbocycles. The third-order valence-electron chi connectivity index (χ3n) is 4.84. The van der Waals surface area contributed by atoms with E-state index in [1.54, 1.807) is 0 Å². The molecule has 0 spiro atoms. The lowest BCUT2D eigenvalue weighted by molar-refractivity contribution is 0.0426. The third kappa shape index (κ3) is 5.74. The van der Waals surface area contributed by atoms with Crippen LogP contribution >= 0.6 is 0 Å². The number of benzene rings is 1. The molecule has 1 aromatic carbocycles. The predicted molar refractivity (Wildman–Crippen MR) is 96.6 cm³/mol. The maximum atomic E-state index is 10.3. The molecule has 136 valence electrons. The summed E-state index contributed by atoms with van der Waals surface area (Å²) in [6.45, 7) is 10.1. The van der Waals surface area contributed by atoms with Crippen LogP contribution in [0, 0.1) is 0 Å². The van der Waals surface area contributed by atoms with E-state index in [9.17, 15) is 5.11 Å².